The molecule has 0 radical (unpaired) electrons. The third-order valence-corrected chi connectivity index (χ3v) is 3.58. The molecule has 0 fully saturated rings. The van der Waals surface area contributed by atoms with Crippen molar-refractivity contribution in [2.24, 2.45) is 0 Å². The van der Waals surface area contributed by atoms with E-state index in [2.05, 4.69) is 29.4 Å². The molecule has 0 saturated carbocycles. The maximum atomic E-state index is 11.5. The first kappa shape index (κ1) is 15.0. The molecule has 1 rings (SSSR count). The number of rotatable bonds is 8. The summed E-state index contributed by atoms with van der Waals surface area (Å²) in [6, 6.07) is 0. The van der Waals surface area contributed by atoms with Gasteiger partial charge in [0, 0.05) is 12.5 Å². The number of amides is 1. The minimum absolute atomic E-state index is 0.0747. The van der Waals surface area contributed by atoms with E-state index in [-0.39, 0.29) is 5.91 Å². The van der Waals surface area contributed by atoms with Crippen LogP contribution in [0.1, 0.15) is 51.0 Å². The standard InChI is InChI=1S/C12H21N3O2S/c1-4-6-9(3)11-14-15-12(18-11)13-10(16)7-8-17-5-2/h9H,4-8H2,1-3H3,(H,13,15,16)/t9-/m1/s1. The molecule has 1 aromatic rings. The van der Waals surface area contributed by atoms with Crippen LogP contribution in [0.3, 0.4) is 0 Å². The highest BCUT2D eigenvalue weighted by Crippen LogP contribution is 2.26. The van der Waals surface area contributed by atoms with Gasteiger partial charge in [-0.15, -0.1) is 10.2 Å². The van der Waals surface area contributed by atoms with Gasteiger partial charge in [-0.25, -0.2) is 0 Å². The van der Waals surface area contributed by atoms with Gasteiger partial charge in [0.1, 0.15) is 5.01 Å². The molecule has 5 nitrogen and oxygen atoms in total. The first-order valence-electron chi connectivity index (χ1n) is 6.38. The molecule has 0 bridgehead atoms. The first-order chi connectivity index (χ1) is 8.67. The van der Waals surface area contributed by atoms with Crippen molar-refractivity contribution < 1.29 is 9.53 Å². The summed E-state index contributed by atoms with van der Waals surface area (Å²) >= 11 is 1.45. The summed E-state index contributed by atoms with van der Waals surface area (Å²) < 4.78 is 5.12. The number of anilines is 1. The van der Waals surface area contributed by atoms with E-state index in [4.69, 9.17) is 4.74 Å². The highest BCUT2D eigenvalue weighted by molar-refractivity contribution is 7.15. The van der Waals surface area contributed by atoms with Crippen LogP contribution in [0.15, 0.2) is 0 Å². The van der Waals surface area contributed by atoms with Gasteiger partial charge in [-0.3, -0.25) is 4.79 Å². The minimum atomic E-state index is -0.0747. The Labute approximate surface area is 112 Å². The highest BCUT2D eigenvalue weighted by Gasteiger charge is 2.12. The topological polar surface area (TPSA) is 64.1 Å². The average molecular weight is 271 g/mol. The zero-order valence-corrected chi connectivity index (χ0v) is 12.0. The molecule has 0 spiro atoms. The predicted octanol–water partition coefficient (Wildman–Crippen LogP) is 2.81. The van der Waals surface area contributed by atoms with E-state index < -0.39 is 0 Å². The molecule has 1 aromatic heterocycles. The lowest BCUT2D eigenvalue weighted by Gasteiger charge is -2.03. The lowest BCUT2D eigenvalue weighted by Crippen LogP contribution is -2.13. The Kier molecular flexibility index (Phi) is 6.82. The first-order valence-corrected chi connectivity index (χ1v) is 7.20. The van der Waals surface area contributed by atoms with Crippen molar-refractivity contribution in [1.29, 1.82) is 0 Å². The summed E-state index contributed by atoms with van der Waals surface area (Å²) in [5.74, 6) is 0.330. The fourth-order valence-electron chi connectivity index (χ4n) is 1.53. The van der Waals surface area contributed by atoms with Crippen LogP contribution in [0.5, 0.6) is 0 Å². The third kappa shape index (κ3) is 5.10. The number of aromatic nitrogens is 2. The van der Waals surface area contributed by atoms with Crippen molar-refractivity contribution in [3.05, 3.63) is 5.01 Å². The van der Waals surface area contributed by atoms with E-state index in [9.17, 15) is 4.79 Å². The molecule has 1 N–H and O–H groups in total. The van der Waals surface area contributed by atoms with Crippen molar-refractivity contribution in [3.63, 3.8) is 0 Å². The lowest BCUT2D eigenvalue weighted by molar-refractivity contribution is -0.117. The molecule has 102 valence electrons. The monoisotopic (exact) mass is 271 g/mol. The Hall–Kier alpha value is -1.01. The van der Waals surface area contributed by atoms with Crippen LogP contribution in [-0.4, -0.2) is 29.3 Å². The predicted molar refractivity (Wildman–Crippen MR) is 73.0 cm³/mol. The van der Waals surface area contributed by atoms with Crippen LogP contribution in [0.4, 0.5) is 5.13 Å². The van der Waals surface area contributed by atoms with Gasteiger partial charge >= 0.3 is 0 Å². The van der Waals surface area contributed by atoms with Crippen molar-refractivity contribution in [3.8, 4) is 0 Å². The molecule has 1 amide bonds. The van der Waals surface area contributed by atoms with Gasteiger partial charge in [-0.05, 0) is 13.3 Å². The van der Waals surface area contributed by atoms with E-state index in [0.717, 1.165) is 17.8 Å². The SMILES string of the molecule is CCC[C@@H](C)c1nnc(NC(=O)CCOCC)s1. The molecule has 1 heterocycles. The maximum Gasteiger partial charge on any atom is 0.228 e. The van der Waals surface area contributed by atoms with Crippen molar-refractivity contribution in [2.45, 2.75) is 46.0 Å². The zero-order valence-electron chi connectivity index (χ0n) is 11.2. The fourth-order valence-corrected chi connectivity index (χ4v) is 2.38. The van der Waals surface area contributed by atoms with E-state index in [1.54, 1.807) is 0 Å². The normalized spacial score (nSPS) is 12.4. The van der Waals surface area contributed by atoms with E-state index in [1.165, 1.54) is 11.3 Å². The molecule has 0 aliphatic rings. The van der Waals surface area contributed by atoms with Crippen LogP contribution in [-0.2, 0) is 9.53 Å². The molecular weight excluding hydrogens is 250 g/mol. The third-order valence-electron chi connectivity index (χ3n) is 2.51. The van der Waals surface area contributed by atoms with Gasteiger partial charge < -0.3 is 10.1 Å². The number of carbonyl (C=O) groups is 1. The van der Waals surface area contributed by atoms with E-state index in [1.807, 2.05) is 6.92 Å². The molecule has 0 aromatic carbocycles. The molecule has 0 unspecified atom stereocenters. The average Bonchev–Trinajstić information content (AvgIpc) is 2.78. The Morgan fingerprint density at radius 1 is 1.44 bits per heavy atom. The van der Waals surface area contributed by atoms with Crippen LogP contribution >= 0.6 is 11.3 Å². The second-order valence-corrected chi connectivity index (χ2v) is 5.14. The number of nitrogens with one attached hydrogen (secondary N) is 1. The number of hydrogen-bond acceptors (Lipinski definition) is 5. The Balaban J connectivity index is 2.41. The minimum Gasteiger partial charge on any atom is -0.381 e. The van der Waals surface area contributed by atoms with Crippen molar-refractivity contribution >= 4 is 22.4 Å². The smallest absolute Gasteiger partial charge is 0.228 e. The summed E-state index contributed by atoms with van der Waals surface area (Å²) in [5, 5.41) is 12.4. The summed E-state index contributed by atoms with van der Waals surface area (Å²) in [6.07, 6.45) is 2.57. The maximum absolute atomic E-state index is 11.5. The van der Waals surface area contributed by atoms with Crippen molar-refractivity contribution in [1.82, 2.24) is 10.2 Å². The van der Waals surface area contributed by atoms with Gasteiger partial charge in [0.15, 0.2) is 0 Å². The van der Waals surface area contributed by atoms with Crippen molar-refractivity contribution in [2.75, 3.05) is 18.5 Å². The van der Waals surface area contributed by atoms with Gasteiger partial charge in [0.25, 0.3) is 0 Å². The summed E-state index contributed by atoms with van der Waals surface area (Å²) in [4.78, 5) is 11.5. The Bertz CT molecular complexity index is 368. The number of carbonyl (C=O) groups excluding carboxylic acids is 1. The van der Waals surface area contributed by atoms with Gasteiger partial charge in [0.05, 0.1) is 13.0 Å². The molecule has 6 heteroatoms. The lowest BCUT2D eigenvalue weighted by atomic mass is 10.1. The van der Waals surface area contributed by atoms with Gasteiger partial charge in [-0.1, -0.05) is 31.6 Å². The van der Waals surface area contributed by atoms with Gasteiger partial charge in [0.2, 0.25) is 11.0 Å². The van der Waals surface area contributed by atoms with Crippen LogP contribution < -0.4 is 5.32 Å². The number of nitrogens with zero attached hydrogens (tertiary/aromatic N) is 2. The highest BCUT2D eigenvalue weighted by atomic mass is 32.1. The van der Waals surface area contributed by atoms with Crippen LogP contribution in [0.25, 0.3) is 0 Å². The van der Waals surface area contributed by atoms with E-state index >= 15 is 0 Å². The second kappa shape index (κ2) is 8.16. The molecule has 0 aliphatic carbocycles. The Morgan fingerprint density at radius 3 is 2.89 bits per heavy atom. The number of ether oxygens (including phenoxy) is 1. The van der Waals surface area contributed by atoms with Crippen LogP contribution in [0, 0.1) is 0 Å². The summed E-state index contributed by atoms with van der Waals surface area (Å²) in [7, 11) is 0. The Morgan fingerprint density at radius 2 is 2.22 bits per heavy atom. The summed E-state index contributed by atoms with van der Waals surface area (Å²) in [6.45, 7) is 7.26. The second-order valence-electron chi connectivity index (χ2n) is 4.13. The summed E-state index contributed by atoms with van der Waals surface area (Å²) in [5.41, 5.74) is 0. The largest absolute Gasteiger partial charge is 0.381 e. The van der Waals surface area contributed by atoms with E-state index in [0.29, 0.717) is 30.7 Å². The molecule has 0 aliphatic heterocycles. The molecule has 0 saturated heterocycles. The number of hydrogen-bond donors (Lipinski definition) is 1. The fraction of sp³-hybridized carbons (Fsp3) is 0.750. The van der Waals surface area contributed by atoms with Gasteiger partial charge in [-0.2, -0.15) is 0 Å². The molecule has 1 atom stereocenters. The van der Waals surface area contributed by atoms with Crippen LogP contribution in [0.2, 0.25) is 0 Å². The molecule has 18 heavy (non-hydrogen) atoms. The molecular formula is C12H21N3O2S. The quantitative estimate of drug-likeness (QED) is 0.738. The zero-order chi connectivity index (χ0) is 13.4.